The molecule has 5 heteroatoms. The van der Waals surface area contributed by atoms with E-state index in [1.165, 1.54) is 0 Å². The predicted molar refractivity (Wildman–Crippen MR) is 97.8 cm³/mol. The van der Waals surface area contributed by atoms with Gasteiger partial charge in [-0.2, -0.15) is 5.10 Å². The Morgan fingerprint density at radius 3 is 2.54 bits per heavy atom. The Hall–Kier alpha value is -2.33. The summed E-state index contributed by atoms with van der Waals surface area (Å²) in [6.07, 6.45) is 0.694. The van der Waals surface area contributed by atoms with Crippen molar-refractivity contribution in [1.82, 2.24) is 5.43 Å². The number of nitrogens with one attached hydrogen (secondary N) is 1. The van der Waals surface area contributed by atoms with E-state index in [4.69, 9.17) is 16.3 Å². The maximum Gasteiger partial charge on any atom is 0.277 e. The molecule has 2 rings (SSSR count). The highest BCUT2D eigenvalue weighted by Gasteiger charge is 2.06. The molecule has 0 aliphatic carbocycles. The summed E-state index contributed by atoms with van der Waals surface area (Å²) in [6, 6.07) is 13.2. The third kappa shape index (κ3) is 5.10. The highest BCUT2D eigenvalue weighted by atomic mass is 35.5. The summed E-state index contributed by atoms with van der Waals surface area (Å²) in [5, 5.41) is 4.86. The molecule has 0 aromatic heterocycles. The summed E-state index contributed by atoms with van der Waals surface area (Å²) in [6.45, 7) is 5.83. The summed E-state index contributed by atoms with van der Waals surface area (Å²) >= 11 is 5.88. The molecule has 0 bridgehead atoms. The number of halogens is 1. The van der Waals surface area contributed by atoms with Crippen LogP contribution in [0, 0.1) is 13.8 Å². The number of amides is 1. The van der Waals surface area contributed by atoms with Crippen LogP contribution < -0.4 is 10.2 Å². The number of aryl methyl sites for hydroxylation is 2. The average molecular weight is 345 g/mol. The van der Waals surface area contributed by atoms with Gasteiger partial charge in [0.2, 0.25) is 0 Å². The van der Waals surface area contributed by atoms with Gasteiger partial charge in [-0.3, -0.25) is 4.79 Å². The summed E-state index contributed by atoms with van der Waals surface area (Å²) in [5.74, 6) is 0.415. The minimum Gasteiger partial charge on any atom is -0.483 e. The Morgan fingerprint density at radius 1 is 1.17 bits per heavy atom. The Balaban J connectivity index is 1.95. The summed E-state index contributed by atoms with van der Waals surface area (Å²) in [7, 11) is 0. The van der Waals surface area contributed by atoms with Crippen LogP contribution >= 0.6 is 11.6 Å². The van der Waals surface area contributed by atoms with E-state index < -0.39 is 0 Å². The molecule has 0 unspecified atom stereocenters. The molecular formula is C19H21ClN2O2. The van der Waals surface area contributed by atoms with Crippen molar-refractivity contribution in [1.29, 1.82) is 0 Å². The Morgan fingerprint density at radius 2 is 1.88 bits per heavy atom. The van der Waals surface area contributed by atoms with E-state index in [0.717, 1.165) is 22.4 Å². The normalized spacial score (nSPS) is 11.2. The standard InChI is InChI=1S/C19H21ClN2O2/c1-4-17(15-7-9-16(20)10-8-15)21-22-19(23)12-24-18-11-13(2)5-6-14(18)3/h5-11H,4,12H2,1-3H3,(H,22,23)/b21-17-. The lowest BCUT2D eigenvalue weighted by atomic mass is 10.1. The lowest BCUT2D eigenvalue weighted by Crippen LogP contribution is -2.26. The van der Waals surface area contributed by atoms with Crippen LogP contribution in [0.1, 0.15) is 30.0 Å². The molecule has 0 atom stereocenters. The van der Waals surface area contributed by atoms with Gasteiger partial charge in [0.05, 0.1) is 5.71 Å². The first kappa shape index (κ1) is 18.0. The van der Waals surface area contributed by atoms with Crippen LogP contribution in [0.25, 0.3) is 0 Å². The van der Waals surface area contributed by atoms with Gasteiger partial charge >= 0.3 is 0 Å². The van der Waals surface area contributed by atoms with Crippen molar-refractivity contribution in [3.05, 3.63) is 64.2 Å². The van der Waals surface area contributed by atoms with Crippen LogP contribution in [-0.2, 0) is 4.79 Å². The van der Waals surface area contributed by atoms with E-state index >= 15 is 0 Å². The van der Waals surface area contributed by atoms with E-state index in [2.05, 4.69) is 10.5 Å². The van der Waals surface area contributed by atoms with Crippen molar-refractivity contribution in [3.8, 4) is 5.75 Å². The number of nitrogens with zero attached hydrogens (tertiary/aromatic N) is 1. The second-order valence-electron chi connectivity index (χ2n) is 5.51. The average Bonchev–Trinajstić information content (AvgIpc) is 2.57. The van der Waals surface area contributed by atoms with Crippen LogP contribution in [0.4, 0.5) is 0 Å². The first-order chi connectivity index (χ1) is 11.5. The second kappa shape index (κ2) is 8.50. The molecule has 126 valence electrons. The third-order valence-corrected chi connectivity index (χ3v) is 3.78. The zero-order valence-corrected chi connectivity index (χ0v) is 14.9. The van der Waals surface area contributed by atoms with Crippen molar-refractivity contribution < 1.29 is 9.53 Å². The molecule has 0 saturated carbocycles. The Labute approximate surface area is 147 Å². The van der Waals surface area contributed by atoms with Gasteiger partial charge in [-0.15, -0.1) is 0 Å². The molecule has 0 spiro atoms. The molecule has 0 heterocycles. The van der Waals surface area contributed by atoms with Crippen LogP contribution in [-0.4, -0.2) is 18.2 Å². The fraction of sp³-hybridized carbons (Fsp3) is 0.263. The number of carbonyl (C=O) groups excluding carboxylic acids is 1. The molecule has 0 aliphatic rings. The molecule has 2 aromatic carbocycles. The topological polar surface area (TPSA) is 50.7 Å². The minimum atomic E-state index is -0.296. The third-order valence-electron chi connectivity index (χ3n) is 3.53. The van der Waals surface area contributed by atoms with Gasteiger partial charge in [0.25, 0.3) is 5.91 Å². The first-order valence-electron chi connectivity index (χ1n) is 7.81. The van der Waals surface area contributed by atoms with E-state index in [1.807, 2.05) is 51.1 Å². The Kier molecular flexibility index (Phi) is 6.38. The van der Waals surface area contributed by atoms with Crippen molar-refractivity contribution in [2.24, 2.45) is 5.10 Å². The van der Waals surface area contributed by atoms with Crippen molar-refractivity contribution in [2.45, 2.75) is 27.2 Å². The highest BCUT2D eigenvalue weighted by Crippen LogP contribution is 2.18. The molecule has 0 saturated heterocycles. The number of benzene rings is 2. The zero-order valence-electron chi connectivity index (χ0n) is 14.1. The number of hydrogen-bond donors (Lipinski definition) is 1. The highest BCUT2D eigenvalue weighted by molar-refractivity contribution is 6.30. The SMILES string of the molecule is CC/C(=N/NC(=O)COc1cc(C)ccc1C)c1ccc(Cl)cc1. The maximum absolute atomic E-state index is 12.0. The van der Waals surface area contributed by atoms with Crippen LogP contribution in [0.2, 0.25) is 5.02 Å². The number of ether oxygens (including phenoxy) is 1. The number of hydrogen-bond acceptors (Lipinski definition) is 3. The zero-order chi connectivity index (χ0) is 17.5. The maximum atomic E-state index is 12.0. The molecular weight excluding hydrogens is 324 g/mol. The van der Waals surface area contributed by atoms with Crippen molar-refractivity contribution in [3.63, 3.8) is 0 Å². The summed E-state index contributed by atoms with van der Waals surface area (Å²) in [4.78, 5) is 12.0. The number of carbonyl (C=O) groups is 1. The second-order valence-corrected chi connectivity index (χ2v) is 5.95. The first-order valence-corrected chi connectivity index (χ1v) is 8.18. The fourth-order valence-electron chi connectivity index (χ4n) is 2.16. The van der Waals surface area contributed by atoms with Crippen molar-refractivity contribution >= 4 is 23.2 Å². The molecule has 4 nitrogen and oxygen atoms in total. The van der Waals surface area contributed by atoms with E-state index in [1.54, 1.807) is 12.1 Å². The Bertz CT molecular complexity index is 740. The van der Waals surface area contributed by atoms with Crippen LogP contribution in [0.3, 0.4) is 0 Å². The van der Waals surface area contributed by atoms with Gasteiger partial charge in [0, 0.05) is 5.02 Å². The molecule has 0 aliphatic heterocycles. The molecule has 1 amide bonds. The molecule has 2 aromatic rings. The van der Waals surface area contributed by atoms with Gasteiger partial charge in [0.1, 0.15) is 5.75 Å². The number of rotatable bonds is 6. The van der Waals surface area contributed by atoms with Crippen LogP contribution in [0.15, 0.2) is 47.6 Å². The monoisotopic (exact) mass is 344 g/mol. The lowest BCUT2D eigenvalue weighted by molar-refractivity contribution is -0.123. The molecule has 0 radical (unpaired) electrons. The minimum absolute atomic E-state index is 0.0780. The quantitative estimate of drug-likeness (QED) is 0.628. The molecule has 0 fully saturated rings. The van der Waals surface area contributed by atoms with Gasteiger partial charge in [-0.1, -0.05) is 42.8 Å². The van der Waals surface area contributed by atoms with Crippen LogP contribution in [0.5, 0.6) is 5.75 Å². The molecule has 24 heavy (non-hydrogen) atoms. The van der Waals surface area contributed by atoms with E-state index in [9.17, 15) is 4.79 Å². The van der Waals surface area contributed by atoms with Gasteiger partial charge in [-0.05, 0) is 55.2 Å². The molecule has 1 N–H and O–H groups in total. The predicted octanol–water partition coefficient (Wildman–Crippen LogP) is 4.27. The fourth-order valence-corrected chi connectivity index (χ4v) is 2.28. The van der Waals surface area contributed by atoms with Gasteiger partial charge < -0.3 is 4.74 Å². The largest absolute Gasteiger partial charge is 0.483 e. The van der Waals surface area contributed by atoms with E-state index in [0.29, 0.717) is 17.2 Å². The smallest absolute Gasteiger partial charge is 0.277 e. The van der Waals surface area contributed by atoms with Gasteiger partial charge in [-0.25, -0.2) is 5.43 Å². The summed E-state index contributed by atoms with van der Waals surface area (Å²) < 4.78 is 5.57. The van der Waals surface area contributed by atoms with E-state index in [-0.39, 0.29) is 12.5 Å². The van der Waals surface area contributed by atoms with Gasteiger partial charge in [0.15, 0.2) is 6.61 Å². The lowest BCUT2D eigenvalue weighted by Gasteiger charge is -2.09. The summed E-state index contributed by atoms with van der Waals surface area (Å²) in [5.41, 5.74) is 6.34. The number of hydrazone groups is 1. The van der Waals surface area contributed by atoms with Crippen molar-refractivity contribution in [2.75, 3.05) is 6.61 Å².